The molecular weight excluding hydrogens is 328 g/mol. The number of hydrogen-bond donors (Lipinski definition) is 1. The topological polar surface area (TPSA) is 64.4 Å². The van der Waals surface area contributed by atoms with Crippen molar-refractivity contribution in [2.45, 2.75) is 13.3 Å². The predicted molar refractivity (Wildman–Crippen MR) is 91.5 cm³/mol. The summed E-state index contributed by atoms with van der Waals surface area (Å²) >= 11 is 6.11. The minimum Gasteiger partial charge on any atom is -0.454 e. The lowest BCUT2D eigenvalue weighted by molar-refractivity contribution is -0.115. The molecule has 5 nitrogen and oxygen atoms in total. The lowest BCUT2D eigenvalue weighted by atomic mass is 10.2. The largest absolute Gasteiger partial charge is 0.454 e. The van der Waals surface area contributed by atoms with Crippen LogP contribution in [0, 0.1) is 6.92 Å². The van der Waals surface area contributed by atoms with Crippen LogP contribution >= 0.6 is 11.6 Å². The second-order valence-corrected chi connectivity index (χ2v) is 5.59. The fourth-order valence-corrected chi connectivity index (χ4v) is 2.34. The van der Waals surface area contributed by atoms with Crippen LogP contribution in [0.3, 0.4) is 0 Å². The third-order valence-corrected chi connectivity index (χ3v) is 3.55. The first-order chi connectivity index (χ1) is 11.6. The van der Waals surface area contributed by atoms with Gasteiger partial charge in [-0.05, 0) is 31.2 Å². The van der Waals surface area contributed by atoms with Crippen LogP contribution in [0.2, 0.25) is 5.02 Å². The number of ether oxygens (including phenoxy) is 1. The molecule has 1 aromatic heterocycles. The van der Waals surface area contributed by atoms with Crippen LogP contribution in [-0.2, 0) is 11.2 Å². The maximum Gasteiger partial charge on any atom is 0.230 e. The van der Waals surface area contributed by atoms with E-state index in [1.165, 1.54) is 0 Å². The number of para-hydroxylation sites is 3. The lowest BCUT2D eigenvalue weighted by Gasteiger charge is -2.12. The number of aromatic nitrogens is 1. The highest BCUT2D eigenvalue weighted by Crippen LogP contribution is 2.33. The lowest BCUT2D eigenvalue weighted by Crippen LogP contribution is -2.15. The third kappa shape index (κ3) is 3.94. The van der Waals surface area contributed by atoms with Crippen LogP contribution < -0.4 is 10.1 Å². The Morgan fingerprint density at radius 1 is 1.17 bits per heavy atom. The Morgan fingerprint density at radius 2 is 1.88 bits per heavy atom. The number of amides is 1. The number of hydrogen-bond acceptors (Lipinski definition) is 4. The van der Waals surface area contributed by atoms with Gasteiger partial charge in [-0.25, -0.2) is 0 Å². The van der Waals surface area contributed by atoms with Crippen LogP contribution in [0.15, 0.2) is 59.1 Å². The number of anilines is 1. The highest BCUT2D eigenvalue weighted by molar-refractivity contribution is 6.32. The van der Waals surface area contributed by atoms with Crippen molar-refractivity contribution in [2.24, 2.45) is 0 Å². The second-order valence-electron chi connectivity index (χ2n) is 5.18. The first-order valence-electron chi connectivity index (χ1n) is 7.35. The monoisotopic (exact) mass is 342 g/mol. The van der Waals surface area contributed by atoms with Gasteiger partial charge in [-0.2, -0.15) is 0 Å². The molecule has 2 aromatic carbocycles. The van der Waals surface area contributed by atoms with Gasteiger partial charge in [0.05, 0.1) is 22.8 Å². The van der Waals surface area contributed by atoms with Crippen LogP contribution in [-0.4, -0.2) is 11.1 Å². The molecule has 1 heterocycles. The van der Waals surface area contributed by atoms with E-state index in [1.807, 2.05) is 24.3 Å². The van der Waals surface area contributed by atoms with Crippen molar-refractivity contribution in [3.8, 4) is 11.5 Å². The number of benzene rings is 2. The van der Waals surface area contributed by atoms with E-state index >= 15 is 0 Å². The number of aryl methyl sites for hydroxylation is 1. The van der Waals surface area contributed by atoms with Crippen molar-refractivity contribution < 1.29 is 14.1 Å². The number of rotatable bonds is 5. The van der Waals surface area contributed by atoms with Gasteiger partial charge in [0.2, 0.25) is 5.91 Å². The zero-order valence-electron chi connectivity index (χ0n) is 13.0. The SMILES string of the molecule is Cc1cc(CC(=O)Nc2ccccc2Oc2ccccc2Cl)no1. The molecule has 0 radical (unpaired) electrons. The molecule has 1 N–H and O–H groups in total. The Bertz CT molecular complexity index is 861. The summed E-state index contributed by atoms with van der Waals surface area (Å²) in [5.74, 6) is 1.49. The Morgan fingerprint density at radius 3 is 2.58 bits per heavy atom. The van der Waals surface area contributed by atoms with Gasteiger partial charge in [-0.15, -0.1) is 0 Å². The van der Waals surface area contributed by atoms with Crippen molar-refractivity contribution in [3.05, 3.63) is 71.1 Å². The van der Waals surface area contributed by atoms with Gasteiger partial charge >= 0.3 is 0 Å². The maximum atomic E-state index is 12.2. The van der Waals surface area contributed by atoms with Crippen molar-refractivity contribution in [3.63, 3.8) is 0 Å². The second kappa shape index (κ2) is 7.19. The van der Waals surface area contributed by atoms with E-state index in [4.69, 9.17) is 20.9 Å². The molecule has 0 unspecified atom stereocenters. The average molecular weight is 343 g/mol. The van der Waals surface area contributed by atoms with E-state index in [2.05, 4.69) is 10.5 Å². The van der Waals surface area contributed by atoms with Crippen molar-refractivity contribution in [2.75, 3.05) is 5.32 Å². The van der Waals surface area contributed by atoms with Crippen molar-refractivity contribution in [1.82, 2.24) is 5.16 Å². The quantitative estimate of drug-likeness (QED) is 0.735. The molecule has 1 amide bonds. The van der Waals surface area contributed by atoms with Crippen LogP contribution in [0.1, 0.15) is 11.5 Å². The summed E-state index contributed by atoms with van der Waals surface area (Å²) < 4.78 is 10.8. The van der Waals surface area contributed by atoms with Gasteiger partial charge in [0, 0.05) is 6.07 Å². The van der Waals surface area contributed by atoms with Crippen molar-refractivity contribution >= 4 is 23.2 Å². The van der Waals surface area contributed by atoms with Crippen LogP contribution in [0.4, 0.5) is 5.69 Å². The summed E-state index contributed by atoms with van der Waals surface area (Å²) in [4.78, 5) is 12.2. The fourth-order valence-electron chi connectivity index (χ4n) is 2.17. The summed E-state index contributed by atoms with van der Waals surface area (Å²) in [6.45, 7) is 1.78. The average Bonchev–Trinajstić information content (AvgIpc) is 2.96. The molecule has 6 heteroatoms. The zero-order chi connectivity index (χ0) is 16.9. The number of nitrogens with one attached hydrogen (secondary N) is 1. The normalized spacial score (nSPS) is 10.4. The van der Waals surface area contributed by atoms with Gasteiger partial charge in [-0.1, -0.05) is 41.0 Å². The maximum absolute atomic E-state index is 12.2. The van der Waals surface area contributed by atoms with Gasteiger partial charge in [0.1, 0.15) is 11.5 Å². The summed E-state index contributed by atoms with van der Waals surface area (Å²) in [7, 11) is 0. The van der Waals surface area contributed by atoms with Gasteiger partial charge in [-0.3, -0.25) is 4.79 Å². The van der Waals surface area contributed by atoms with Crippen LogP contribution in [0.25, 0.3) is 0 Å². The molecule has 122 valence electrons. The zero-order valence-corrected chi connectivity index (χ0v) is 13.7. The first-order valence-corrected chi connectivity index (χ1v) is 7.73. The molecule has 3 rings (SSSR count). The highest BCUT2D eigenvalue weighted by atomic mass is 35.5. The molecule has 0 bridgehead atoms. The molecule has 24 heavy (non-hydrogen) atoms. The molecule has 0 atom stereocenters. The van der Waals surface area contributed by atoms with Crippen molar-refractivity contribution in [1.29, 1.82) is 0 Å². The van der Waals surface area contributed by atoms with Gasteiger partial charge in [0.15, 0.2) is 5.75 Å². The van der Waals surface area contributed by atoms with E-state index < -0.39 is 0 Å². The summed E-state index contributed by atoms with van der Waals surface area (Å²) in [5, 5.41) is 7.13. The summed E-state index contributed by atoms with van der Waals surface area (Å²) in [5.41, 5.74) is 1.14. The predicted octanol–water partition coefficient (Wildman–Crippen LogP) is 4.61. The van der Waals surface area contributed by atoms with E-state index in [9.17, 15) is 4.79 Å². The van der Waals surface area contributed by atoms with E-state index in [-0.39, 0.29) is 12.3 Å². The third-order valence-electron chi connectivity index (χ3n) is 3.24. The smallest absolute Gasteiger partial charge is 0.230 e. The molecule has 0 saturated carbocycles. The fraction of sp³-hybridized carbons (Fsp3) is 0.111. The molecule has 0 aliphatic heterocycles. The molecular formula is C18H15ClN2O3. The number of nitrogens with zero attached hydrogens (tertiary/aromatic N) is 1. The Balaban J connectivity index is 1.74. The minimum absolute atomic E-state index is 0.123. The van der Waals surface area contributed by atoms with Gasteiger partial charge < -0.3 is 14.6 Å². The molecule has 0 spiro atoms. The molecule has 3 aromatic rings. The summed E-state index contributed by atoms with van der Waals surface area (Å²) in [6, 6.07) is 16.0. The molecule has 0 saturated heterocycles. The Labute approximate surface area is 144 Å². The van der Waals surface area contributed by atoms with Crippen LogP contribution in [0.5, 0.6) is 11.5 Å². The number of halogens is 1. The first kappa shape index (κ1) is 16.1. The molecule has 0 aliphatic carbocycles. The number of carbonyl (C=O) groups excluding carboxylic acids is 1. The standard InChI is InChI=1S/C18H15ClN2O3/c1-12-10-13(21-24-12)11-18(22)20-15-7-3-5-9-17(15)23-16-8-4-2-6-14(16)19/h2-10H,11H2,1H3,(H,20,22). The van der Waals surface area contributed by atoms with E-state index in [1.54, 1.807) is 37.3 Å². The highest BCUT2D eigenvalue weighted by Gasteiger charge is 2.12. The van der Waals surface area contributed by atoms with E-state index in [0.29, 0.717) is 33.7 Å². The number of carbonyl (C=O) groups is 1. The molecule has 0 fully saturated rings. The minimum atomic E-state index is -0.210. The molecule has 0 aliphatic rings. The summed E-state index contributed by atoms with van der Waals surface area (Å²) in [6.07, 6.45) is 0.123. The Kier molecular flexibility index (Phi) is 4.82. The Hall–Kier alpha value is -2.79. The van der Waals surface area contributed by atoms with E-state index in [0.717, 1.165) is 0 Å². The van der Waals surface area contributed by atoms with Gasteiger partial charge in [0.25, 0.3) is 0 Å².